The number of carbonyl (C=O) groups is 1. The standard InChI is InChI=1S/C14H18BrNO3/c1-14(2,3)19-13(18)16-8-4-5-10-6-7-12(17)11(15)9-10/h4-7,9,17H,8H2,1-3H3,(H,16,18). The van der Waals surface area contributed by atoms with E-state index in [9.17, 15) is 9.90 Å². The number of ether oxygens (including phenoxy) is 1. The summed E-state index contributed by atoms with van der Waals surface area (Å²) in [6.07, 6.45) is 3.22. The molecule has 5 heteroatoms. The molecule has 0 saturated carbocycles. The van der Waals surface area contributed by atoms with Crippen LogP contribution in [0.5, 0.6) is 5.75 Å². The molecule has 4 nitrogen and oxygen atoms in total. The molecule has 0 aromatic heterocycles. The first-order chi connectivity index (χ1) is 8.78. The predicted octanol–water partition coefficient (Wildman–Crippen LogP) is 3.69. The number of benzene rings is 1. The number of rotatable bonds is 3. The highest BCUT2D eigenvalue weighted by atomic mass is 79.9. The van der Waals surface area contributed by atoms with E-state index in [1.807, 2.05) is 32.9 Å². The maximum absolute atomic E-state index is 11.4. The minimum Gasteiger partial charge on any atom is -0.507 e. The Morgan fingerprint density at radius 1 is 1.47 bits per heavy atom. The highest BCUT2D eigenvalue weighted by molar-refractivity contribution is 9.10. The third kappa shape index (κ3) is 6.29. The van der Waals surface area contributed by atoms with Crippen molar-refractivity contribution in [3.05, 3.63) is 34.3 Å². The average molecular weight is 328 g/mol. The zero-order valence-corrected chi connectivity index (χ0v) is 12.8. The molecule has 0 aliphatic carbocycles. The lowest BCUT2D eigenvalue weighted by Gasteiger charge is -2.19. The van der Waals surface area contributed by atoms with Gasteiger partial charge in [-0.1, -0.05) is 18.2 Å². The minimum atomic E-state index is -0.490. The molecule has 0 bridgehead atoms. The zero-order chi connectivity index (χ0) is 14.5. The van der Waals surface area contributed by atoms with E-state index in [0.29, 0.717) is 11.0 Å². The number of amides is 1. The molecule has 1 aromatic rings. The van der Waals surface area contributed by atoms with Crippen molar-refractivity contribution in [1.82, 2.24) is 5.32 Å². The second-order valence-electron chi connectivity index (χ2n) is 5.00. The lowest BCUT2D eigenvalue weighted by atomic mass is 10.2. The molecule has 19 heavy (non-hydrogen) atoms. The molecule has 1 rings (SSSR count). The predicted molar refractivity (Wildman–Crippen MR) is 79.1 cm³/mol. The van der Waals surface area contributed by atoms with Crippen LogP contribution in [0.1, 0.15) is 26.3 Å². The Kier molecular flexibility index (Phi) is 5.42. The number of carbonyl (C=O) groups excluding carboxylic acids is 1. The van der Waals surface area contributed by atoms with Gasteiger partial charge in [0.1, 0.15) is 11.4 Å². The molecule has 0 radical (unpaired) electrons. The summed E-state index contributed by atoms with van der Waals surface area (Å²) in [5.74, 6) is 0.198. The number of alkyl carbamates (subject to hydrolysis) is 1. The fourth-order valence-corrected chi connectivity index (χ4v) is 1.67. The summed E-state index contributed by atoms with van der Waals surface area (Å²) in [5.41, 5.74) is 0.436. The van der Waals surface area contributed by atoms with Crippen molar-refractivity contribution in [1.29, 1.82) is 0 Å². The monoisotopic (exact) mass is 327 g/mol. The van der Waals surface area contributed by atoms with Crippen LogP contribution in [-0.2, 0) is 4.74 Å². The van der Waals surface area contributed by atoms with Crippen LogP contribution >= 0.6 is 15.9 Å². The number of hydrogen-bond acceptors (Lipinski definition) is 3. The third-order valence-electron chi connectivity index (χ3n) is 2.05. The van der Waals surface area contributed by atoms with Gasteiger partial charge in [0.2, 0.25) is 0 Å². The van der Waals surface area contributed by atoms with Crippen LogP contribution in [0.15, 0.2) is 28.7 Å². The molecule has 0 spiro atoms. The van der Waals surface area contributed by atoms with Gasteiger partial charge in [0, 0.05) is 6.54 Å². The van der Waals surface area contributed by atoms with E-state index in [1.165, 1.54) is 0 Å². The van der Waals surface area contributed by atoms with E-state index in [1.54, 1.807) is 18.2 Å². The van der Waals surface area contributed by atoms with E-state index in [0.717, 1.165) is 5.56 Å². The van der Waals surface area contributed by atoms with Crippen molar-refractivity contribution < 1.29 is 14.6 Å². The summed E-state index contributed by atoms with van der Waals surface area (Å²) in [5, 5.41) is 12.0. The molecule has 0 aliphatic heterocycles. The third-order valence-corrected chi connectivity index (χ3v) is 2.68. The van der Waals surface area contributed by atoms with Gasteiger partial charge < -0.3 is 15.2 Å². The molecule has 1 amide bonds. The quantitative estimate of drug-likeness (QED) is 0.890. The Hall–Kier alpha value is -1.49. The second kappa shape index (κ2) is 6.61. The lowest BCUT2D eigenvalue weighted by molar-refractivity contribution is 0.0534. The molecule has 0 fully saturated rings. The van der Waals surface area contributed by atoms with Gasteiger partial charge in [-0.15, -0.1) is 0 Å². The Balaban J connectivity index is 2.42. The smallest absolute Gasteiger partial charge is 0.407 e. The van der Waals surface area contributed by atoms with Gasteiger partial charge in [-0.05, 0) is 54.4 Å². The summed E-state index contributed by atoms with van der Waals surface area (Å²) in [4.78, 5) is 11.4. The fraction of sp³-hybridized carbons (Fsp3) is 0.357. The summed E-state index contributed by atoms with van der Waals surface area (Å²) >= 11 is 3.24. The number of hydrogen-bond donors (Lipinski definition) is 2. The van der Waals surface area contributed by atoms with E-state index in [2.05, 4.69) is 21.2 Å². The molecule has 104 valence electrons. The second-order valence-corrected chi connectivity index (χ2v) is 5.85. The van der Waals surface area contributed by atoms with Crippen molar-refractivity contribution in [3.8, 4) is 5.75 Å². The summed E-state index contributed by atoms with van der Waals surface area (Å²) in [6, 6.07) is 5.18. The van der Waals surface area contributed by atoms with Gasteiger partial charge in [0.15, 0.2) is 0 Å². The van der Waals surface area contributed by atoms with Crippen molar-refractivity contribution in [2.24, 2.45) is 0 Å². The normalized spacial score (nSPS) is 11.6. The Morgan fingerprint density at radius 3 is 2.74 bits per heavy atom. The first-order valence-electron chi connectivity index (χ1n) is 5.90. The van der Waals surface area contributed by atoms with Crippen LogP contribution in [0, 0.1) is 0 Å². The van der Waals surface area contributed by atoms with Crippen molar-refractivity contribution >= 4 is 28.1 Å². The van der Waals surface area contributed by atoms with E-state index in [4.69, 9.17) is 4.74 Å². The van der Waals surface area contributed by atoms with Crippen LogP contribution in [0.25, 0.3) is 6.08 Å². The SMILES string of the molecule is CC(C)(C)OC(=O)NCC=Cc1ccc(O)c(Br)c1. The van der Waals surface area contributed by atoms with E-state index in [-0.39, 0.29) is 5.75 Å². The minimum absolute atomic E-state index is 0.198. The lowest BCUT2D eigenvalue weighted by Crippen LogP contribution is -2.32. The largest absolute Gasteiger partial charge is 0.507 e. The van der Waals surface area contributed by atoms with Crippen LogP contribution in [0.4, 0.5) is 4.79 Å². The molecule has 0 aliphatic rings. The fourth-order valence-electron chi connectivity index (χ4n) is 1.28. The Morgan fingerprint density at radius 2 is 2.16 bits per heavy atom. The van der Waals surface area contributed by atoms with Crippen LogP contribution < -0.4 is 5.32 Å². The Labute approximate surface area is 121 Å². The number of phenolic OH excluding ortho intramolecular Hbond substituents is 1. The molecule has 1 aromatic carbocycles. The molecule has 0 heterocycles. The molecule has 0 saturated heterocycles. The molecule has 2 N–H and O–H groups in total. The van der Waals surface area contributed by atoms with Crippen molar-refractivity contribution in [2.45, 2.75) is 26.4 Å². The highest BCUT2D eigenvalue weighted by Crippen LogP contribution is 2.24. The van der Waals surface area contributed by atoms with Crippen molar-refractivity contribution in [3.63, 3.8) is 0 Å². The highest BCUT2D eigenvalue weighted by Gasteiger charge is 2.14. The molecular weight excluding hydrogens is 310 g/mol. The van der Waals surface area contributed by atoms with Gasteiger partial charge in [-0.25, -0.2) is 4.79 Å². The van der Waals surface area contributed by atoms with E-state index < -0.39 is 11.7 Å². The molecule has 0 unspecified atom stereocenters. The first kappa shape index (κ1) is 15.6. The molecule has 0 atom stereocenters. The first-order valence-corrected chi connectivity index (χ1v) is 6.69. The summed E-state index contributed by atoms with van der Waals surface area (Å²) in [6.45, 7) is 5.83. The van der Waals surface area contributed by atoms with Gasteiger partial charge >= 0.3 is 6.09 Å². The topological polar surface area (TPSA) is 58.6 Å². The van der Waals surface area contributed by atoms with Crippen LogP contribution in [-0.4, -0.2) is 23.3 Å². The van der Waals surface area contributed by atoms with Crippen LogP contribution in [0.3, 0.4) is 0 Å². The number of nitrogens with one attached hydrogen (secondary N) is 1. The number of aromatic hydroxyl groups is 1. The van der Waals surface area contributed by atoms with Crippen LogP contribution in [0.2, 0.25) is 0 Å². The van der Waals surface area contributed by atoms with Gasteiger partial charge in [0.05, 0.1) is 4.47 Å². The zero-order valence-electron chi connectivity index (χ0n) is 11.2. The Bertz CT molecular complexity index is 478. The van der Waals surface area contributed by atoms with Gasteiger partial charge in [-0.2, -0.15) is 0 Å². The number of halogens is 1. The van der Waals surface area contributed by atoms with Gasteiger partial charge in [-0.3, -0.25) is 0 Å². The maximum atomic E-state index is 11.4. The summed E-state index contributed by atoms with van der Waals surface area (Å²) < 4.78 is 5.73. The average Bonchev–Trinajstić information content (AvgIpc) is 2.27. The summed E-state index contributed by atoms with van der Waals surface area (Å²) in [7, 11) is 0. The van der Waals surface area contributed by atoms with Gasteiger partial charge in [0.25, 0.3) is 0 Å². The number of phenols is 1. The molecular formula is C14H18BrNO3. The van der Waals surface area contributed by atoms with E-state index >= 15 is 0 Å². The maximum Gasteiger partial charge on any atom is 0.407 e. The van der Waals surface area contributed by atoms with Crippen molar-refractivity contribution in [2.75, 3.05) is 6.54 Å².